The molecule has 0 spiro atoms. The van der Waals surface area contributed by atoms with E-state index in [1.165, 1.54) is 31.4 Å². The molecule has 0 heterocycles. The van der Waals surface area contributed by atoms with Crippen molar-refractivity contribution in [1.82, 2.24) is 0 Å². The van der Waals surface area contributed by atoms with Crippen LogP contribution < -0.4 is 5.73 Å². The lowest BCUT2D eigenvalue weighted by atomic mass is 10.0. The molecular weight excluding hydrogens is 283 g/mol. The van der Waals surface area contributed by atoms with E-state index in [0.717, 1.165) is 6.07 Å². The summed E-state index contributed by atoms with van der Waals surface area (Å²) in [6.45, 7) is 0. The van der Waals surface area contributed by atoms with E-state index in [9.17, 15) is 18.0 Å². The quantitative estimate of drug-likeness (QED) is 0.678. The van der Waals surface area contributed by atoms with Crippen LogP contribution in [0.2, 0.25) is 0 Å². The first-order chi connectivity index (χ1) is 9.82. The van der Waals surface area contributed by atoms with Gasteiger partial charge in [0.05, 0.1) is 18.2 Å². The van der Waals surface area contributed by atoms with E-state index < -0.39 is 17.7 Å². The van der Waals surface area contributed by atoms with Gasteiger partial charge in [-0.1, -0.05) is 18.2 Å². The van der Waals surface area contributed by atoms with E-state index in [4.69, 9.17) is 5.73 Å². The third kappa shape index (κ3) is 3.16. The molecule has 0 unspecified atom stereocenters. The van der Waals surface area contributed by atoms with Crippen molar-refractivity contribution in [3.05, 3.63) is 53.6 Å². The van der Waals surface area contributed by atoms with Crippen LogP contribution in [0.5, 0.6) is 0 Å². The van der Waals surface area contributed by atoms with Crippen molar-refractivity contribution >= 4 is 11.7 Å². The molecule has 2 N–H and O–H groups in total. The Morgan fingerprint density at radius 2 is 1.62 bits per heavy atom. The average molecular weight is 295 g/mol. The normalized spacial score (nSPS) is 11.2. The van der Waals surface area contributed by atoms with Gasteiger partial charge in [0, 0.05) is 5.69 Å². The number of carbonyl (C=O) groups is 1. The molecule has 0 aliphatic carbocycles. The average Bonchev–Trinajstić information content (AvgIpc) is 2.46. The van der Waals surface area contributed by atoms with Gasteiger partial charge in [-0.3, -0.25) is 0 Å². The van der Waals surface area contributed by atoms with Crippen molar-refractivity contribution in [2.45, 2.75) is 6.18 Å². The van der Waals surface area contributed by atoms with Crippen LogP contribution in [0.4, 0.5) is 18.9 Å². The van der Waals surface area contributed by atoms with Gasteiger partial charge < -0.3 is 10.5 Å². The Kier molecular flexibility index (Phi) is 3.88. The highest BCUT2D eigenvalue weighted by atomic mass is 19.4. The molecule has 2 aromatic carbocycles. The number of alkyl halides is 3. The molecule has 0 fully saturated rings. The SMILES string of the molecule is COC(=O)c1ccc(-c2ccc(N)c(C(F)(F)F)c2)cc1. The Labute approximate surface area is 119 Å². The summed E-state index contributed by atoms with van der Waals surface area (Å²) in [6.07, 6.45) is -4.51. The Morgan fingerprint density at radius 3 is 2.14 bits per heavy atom. The number of nitrogens with two attached hydrogens (primary N) is 1. The minimum atomic E-state index is -4.51. The Hall–Kier alpha value is -2.50. The smallest absolute Gasteiger partial charge is 0.418 e. The second-order valence-electron chi connectivity index (χ2n) is 4.37. The molecule has 3 nitrogen and oxygen atoms in total. The number of hydrogen-bond donors (Lipinski definition) is 1. The zero-order chi connectivity index (χ0) is 15.6. The molecule has 0 radical (unpaired) electrons. The van der Waals surface area contributed by atoms with Crippen molar-refractivity contribution in [3.63, 3.8) is 0 Å². The summed E-state index contributed by atoms with van der Waals surface area (Å²) in [5.41, 5.74) is 5.40. The largest absolute Gasteiger partial charge is 0.465 e. The van der Waals surface area contributed by atoms with Gasteiger partial charge in [-0.15, -0.1) is 0 Å². The molecule has 6 heteroatoms. The molecular formula is C15H12F3NO2. The van der Waals surface area contributed by atoms with Gasteiger partial charge in [0.15, 0.2) is 0 Å². The fourth-order valence-corrected chi connectivity index (χ4v) is 1.90. The standard InChI is InChI=1S/C15H12F3NO2/c1-21-14(20)10-4-2-9(3-5-10)11-6-7-13(19)12(8-11)15(16,17)18/h2-8H,19H2,1H3. The summed E-state index contributed by atoms with van der Waals surface area (Å²) in [6, 6.07) is 9.79. The van der Waals surface area contributed by atoms with Crippen LogP contribution in [-0.2, 0) is 10.9 Å². The number of ether oxygens (including phenoxy) is 1. The molecule has 0 saturated carbocycles. The zero-order valence-electron chi connectivity index (χ0n) is 11.1. The van der Waals surface area contributed by atoms with E-state index in [2.05, 4.69) is 4.74 Å². The molecule has 0 aliphatic rings. The summed E-state index contributed by atoms with van der Waals surface area (Å²) in [7, 11) is 1.26. The van der Waals surface area contributed by atoms with Gasteiger partial charge in [0.1, 0.15) is 0 Å². The van der Waals surface area contributed by atoms with E-state index in [-0.39, 0.29) is 5.69 Å². The number of anilines is 1. The molecule has 0 aliphatic heterocycles. The van der Waals surface area contributed by atoms with E-state index in [0.29, 0.717) is 16.7 Å². The van der Waals surface area contributed by atoms with Gasteiger partial charge >= 0.3 is 12.1 Å². The minimum Gasteiger partial charge on any atom is -0.465 e. The molecule has 21 heavy (non-hydrogen) atoms. The molecule has 0 saturated heterocycles. The predicted molar refractivity (Wildman–Crippen MR) is 72.6 cm³/mol. The molecule has 2 aromatic rings. The number of carbonyl (C=O) groups excluding carboxylic acids is 1. The van der Waals surface area contributed by atoms with Crippen LogP contribution in [-0.4, -0.2) is 13.1 Å². The maximum atomic E-state index is 12.8. The maximum absolute atomic E-state index is 12.8. The predicted octanol–water partition coefficient (Wildman–Crippen LogP) is 3.74. The first-order valence-electron chi connectivity index (χ1n) is 5.98. The topological polar surface area (TPSA) is 52.3 Å². The second kappa shape index (κ2) is 5.47. The summed E-state index contributed by atoms with van der Waals surface area (Å²) < 4.78 is 43.0. The Balaban J connectivity index is 2.41. The monoisotopic (exact) mass is 295 g/mol. The number of hydrogen-bond acceptors (Lipinski definition) is 3. The number of methoxy groups -OCH3 is 1. The van der Waals surface area contributed by atoms with Crippen LogP contribution in [0.3, 0.4) is 0 Å². The van der Waals surface area contributed by atoms with Crippen LogP contribution in [0.1, 0.15) is 15.9 Å². The van der Waals surface area contributed by atoms with Gasteiger partial charge in [-0.25, -0.2) is 4.79 Å². The molecule has 0 atom stereocenters. The molecule has 0 aromatic heterocycles. The lowest BCUT2D eigenvalue weighted by Crippen LogP contribution is -2.08. The van der Waals surface area contributed by atoms with Gasteiger partial charge in [0.2, 0.25) is 0 Å². The molecule has 0 bridgehead atoms. The van der Waals surface area contributed by atoms with E-state index in [1.807, 2.05) is 0 Å². The van der Waals surface area contributed by atoms with Crippen molar-refractivity contribution in [1.29, 1.82) is 0 Å². The Morgan fingerprint density at radius 1 is 1.05 bits per heavy atom. The van der Waals surface area contributed by atoms with E-state index >= 15 is 0 Å². The van der Waals surface area contributed by atoms with E-state index in [1.54, 1.807) is 12.1 Å². The van der Waals surface area contributed by atoms with Gasteiger partial charge in [-0.2, -0.15) is 13.2 Å². The van der Waals surface area contributed by atoms with Crippen LogP contribution in [0, 0.1) is 0 Å². The third-order valence-corrected chi connectivity index (χ3v) is 3.00. The summed E-state index contributed by atoms with van der Waals surface area (Å²) in [4.78, 5) is 11.3. The van der Waals surface area contributed by atoms with Crippen molar-refractivity contribution < 1.29 is 22.7 Å². The van der Waals surface area contributed by atoms with Crippen molar-refractivity contribution in [2.75, 3.05) is 12.8 Å². The highest BCUT2D eigenvalue weighted by Gasteiger charge is 2.33. The molecule has 110 valence electrons. The first-order valence-corrected chi connectivity index (χ1v) is 5.98. The highest BCUT2D eigenvalue weighted by molar-refractivity contribution is 5.90. The lowest BCUT2D eigenvalue weighted by Gasteiger charge is -2.12. The van der Waals surface area contributed by atoms with Crippen LogP contribution in [0.15, 0.2) is 42.5 Å². The number of benzene rings is 2. The second-order valence-corrected chi connectivity index (χ2v) is 4.37. The lowest BCUT2D eigenvalue weighted by molar-refractivity contribution is -0.136. The van der Waals surface area contributed by atoms with Crippen molar-refractivity contribution in [3.8, 4) is 11.1 Å². The Bertz CT molecular complexity index is 664. The minimum absolute atomic E-state index is 0.322. The summed E-state index contributed by atoms with van der Waals surface area (Å²) >= 11 is 0. The first kappa shape index (κ1) is 14.9. The number of rotatable bonds is 2. The van der Waals surface area contributed by atoms with Crippen molar-refractivity contribution in [2.24, 2.45) is 0 Å². The fourth-order valence-electron chi connectivity index (χ4n) is 1.90. The van der Waals surface area contributed by atoms with Crippen LogP contribution in [0.25, 0.3) is 11.1 Å². The molecule has 2 rings (SSSR count). The summed E-state index contributed by atoms with van der Waals surface area (Å²) in [5, 5.41) is 0. The summed E-state index contributed by atoms with van der Waals surface area (Å²) in [5.74, 6) is -0.505. The highest BCUT2D eigenvalue weighted by Crippen LogP contribution is 2.36. The van der Waals surface area contributed by atoms with Crippen LogP contribution >= 0.6 is 0 Å². The van der Waals surface area contributed by atoms with Gasteiger partial charge in [0.25, 0.3) is 0 Å². The third-order valence-electron chi connectivity index (χ3n) is 3.00. The zero-order valence-corrected chi connectivity index (χ0v) is 11.1. The van der Waals surface area contributed by atoms with Gasteiger partial charge in [-0.05, 0) is 35.4 Å². The fraction of sp³-hybridized carbons (Fsp3) is 0.133. The number of halogens is 3. The number of esters is 1. The maximum Gasteiger partial charge on any atom is 0.418 e. The number of nitrogen functional groups attached to an aromatic ring is 1. The molecule has 0 amide bonds.